The summed E-state index contributed by atoms with van der Waals surface area (Å²) >= 11 is 6.19. The number of carbonyl (C=O) groups excluding carboxylic acids is 1. The fourth-order valence-electron chi connectivity index (χ4n) is 4.98. The second kappa shape index (κ2) is 10.4. The first-order valence-corrected chi connectivity index (χ1v) is 12.6. The average Bonchev–Trinajstić information content (AvgIpc) is 3.28. The molecule has 4 rings (SSSR count). The van der Waals surface area contributed by atoms with E-state index in [9.17, 15) is 24.6 Å². The van der Waals surface area contributed by atoms with Gasteiger partial charge in [0, 0.05) is 42.7 Å². The molecule has 1 aliphatic rings. The molecule has 0 bridgehead atoms. The summed E-state index contributed by atoms with van der Waals surface area (Å²) < 4.78 is 22.3. The number of pyridine rings is 1. The molecular formula is C28H30ClFN2O6. The van der Waals surface area contributed by atoms with Crippen LogP contribution in [-0.2, 0) is 11.2 Å². The third-order valence-corrected chi connectivity index (χ3v) is 7.30. The predicted octanol–water partition coefficient (Wildman–Crippen LogP) is 4.80. The van der Waals surface area contributed by atoms with Crippen LogP contribution in [0.1, 0.15) is 61.1 Å². The molecule has 2 heterocycles. The molecule has 1 atom stereocenters. The number of aromatic nitrogens is 1. The van der Waals surface area contributed by atoms with Crippen LogP contribution >= 0.6 is 11.6 Å². The third kappa shape index (κ3) is 5.00. The minimum atomic E-state index is -1.39. The fraction of sp³-hybridized carbons (Fsp3) is 0.393. The zero-order valence-corrected chi connectivity index (χ0v) is 22.4. The minimum absolute atomic E-state index is 0.0278. The molecule has 8 nitrogen and oxygen atoms in total. The lowest BCUT2D eigenvalue weighted by atomic mass is 9.86. The Hall–Kier alpha value is -3.43. The smallest absolute Gasteiger partial charge is 0.341 e. The number of aliphatic hydroxyl groups excluding tert-OH is 1. The lowest BCUT2D eigenvalue weighted by Crippen LogP contribution is -2.30. The number of halogens is 2. The van der Waals surface area contributed by atoms with E-state index >= 15 is 4.39 Å². The van der Waals surface area contributed by atoms with E-state index in [1.54, 1.807) is 21.6 Å². The second-order valence-corrected chi connectivity index (χ2v) is 11.0. The van der Waals surface area contributed by atoms with Gasteiger partial charge in [-0.05, 0) is 41.2 Å². The Labute approximate surface area is 224 Å². The number of rotatable bonds is 7. The zero-order chi connectivity index (χ0) is 27.9. The maximum atomic E-state index is 15.1. The van der Waals surface area contributed by atoms with Gasteiger partial charge in [0.05, 0.1) is 30.3 Å². The molecule has 0 aliphatic carbocycles. The van der Waals surface area contributed by atoms with Crippen LogP contribution in [0, 0.1) is 11.2 Å². The molecule has 1 fully saturated rings. The summed E-state index contributed by atoms with van der Waals surface area (Å²) in [6, 6.07) is 5.52. The molecule has 0 spiro atoms. The Morgan fingerprint density at radius 3 is 2.45 bits per heavy atom. The van der Waals surface area contributed by atoms with Crippen LogP contribution in [0.25, 0.3) is 10.9 Å². The molecule has 0 radical (unpaired) electrons. The zero-order valence-electron chi connectivity index (χ0n) is 21.7. The Morgan fingerprint density at radius 1 is 1.18 bits per heavy atom. The molecule has 2 N–H and O–H groups in total. The number of hydrogen-bond acceptors (Lipinski definition) is 5. The van der Waals surface area contributed by atoms with Crippen LogP contribution in [0.4, 0.5) is 10.1 Å². The van der Waals surface area contributed by atoms with Gasteiger partial charge in [0.25, 0.3) is 0 Å². The molecule has 0 unspecified atom stereocenters. The van der Waals surface area contributed by atoms with Crippen molar-refractivity contribution in [2.24, 2.45) is 5.41 Å². The highest BCUT2D eigenvalue weighted by molar-refractivity contribution is 6.31. The van der Waals surface area contributed by atoms with Gasteiger partial charge >= 0.3 is 5.97 Å². The Bertz CT molecular complexity index is 1490. The van der Waals surface area contributed by atoms with Crippen molar-refractivity contribution in [2.45, 2.75) is 46.1 Å². The van der Waals surface area contributed by atoms with E-state index in [4.69, 9.17) is 16.3 Å². The van der Waals surface area contributed by atoms with E-state index in [2.05, 4.69) is 0 Å². The number of nitrogens with zero attached hydrogens (tertiary/aromatic N) is 2. The number of benzene rings is 2. The highest BCUT2D eigenvalue weighted by Gasteiger charge is 2.29. The van der Waals surface area contributed by atoms with E-state index in [-0.39, 0.29) is 34.9 Å². The summed E-state index contributed by atoms with van der Waals surface area (Å²) in [5.74, 6) is -1.78. The number of carbonyl (C=O) groups is 2. The van der Waals surface area contributed by atoms with Crippen molar-refractivity contribution in [3.05, 3.63) is 68.2 Å². The van der Waals surface area contributed by atoms with Gasteiger partial charge in [-0.3, -0.25) is 9.59 Å². The summed E-state index contributed by atoms with van der Waals surface area (Å²) in [5.41, 5.74) is -0.131. The number of aliphatic hydroxyl groups is 1. The van der Waals surface area contributed by atoms with Crippen LogP contribution in [-0.4, -0.2) is 46.9 Å². The molecule has 202 valence electrons. The van der Waals surface area contributed by atoms with Gasteiger partial charge in [-0.2, -0.15) is 0 Å². The summed E-state index contributed by atoms with van der Waals surface area (Å²) in [7, 11) is 1.44. The maximum absolute atomic E-state index is 15.1. The molecule has 1 aromatic heterocycles. The van der Waals surface area contributed by atoms with Crippen LogP contribution in [0.2, 0.25) is 5.02 Å². The summed E-state index contributed by atoms with van der Waals surface area (Å²) in [4.78, 5) is 39.0. The van der Waals surface area contributed by atoms with E-state index in [0.29, 0.717) is 41.9 Å². The quantitative estimate of drug-likeness (QED) is 0.442. The number of methoxy groups -OCH3 is 1. The van der Waals surface area contributed by atoms with Crippen molar-refractivity contribution in [3.63, 3.8) is 0 Å². The number of ether oxygens (including phenoxy) is 1. The van der Waals surface area contributed by atoms with Crippen molar-refractivity contribution >= 4 is 40.1 Å². The fourth-order valence-corrected chi connectivity index (χ4v) is 5.21. The van der Waals surface area contributed by atoms with Crippen LogP contribution in [0.3, 0.4) is 0 Å². The predicted molar refractivity (Wildman–Crippen MR) is 143 cm³/mol. The van der Waals surface area contributed by atoms with Gasteiger partial charge < -0.3 is 24.4 Å². The molecule has 2 aromatic carbocycles. The maximum Gasteiger partial charge on any atom is 0.341 e. The molecule has 3 aromatic rings. The average molecular weight is 545 g/mol. The first-order chi connectivity index (χ1) is 17.9. The lowest BCUT2D eigenvalue weighted by Gasteiger charge is -2.33. The van der Waals surface area contributed by atoms with E-state index in [0.717, 1.165) is 0 Å². The standard InChI is InChI=1S/C28H30ClFN2O6/c1-28(2,3)23(14-33)32-13-19(27(36)37)26(35)18-10-15(22(38-4)12-21(18)32)8-16-9-17(11-20(29)25(16)30)31-7-5-6-24(31)34/h9-13,23,33H,5-8,14H2,1-4H3,(H,36,37)/t23-/m1/s1. The van der Waals surface area contributed by atoms with Crippen molar-refractivity contribution in [2.75, 3.05) is 25.2 Å². The van der Waals surface area contributed by atoms with Gasteiger partial charge in [-0.1, -0.05) is 32.4 Å². The number of hydrogen-bond donors (Lipinski definition) is 2. The second-order valence-electron chi connectivity index (χ2n) is 10.6. The summed E-state index contributed by atoms with van der Waals surface area (Å²) in [5, 5.41) is 19.9. The van der Waals surface area contributed by atoms with E-state index in [1.807, 2.05) is 20.8 Å². The minimum Gasteiger partial charge on any atom is -0.496 e. The number of carboxylic acids is 1. The number of fused-ring (bicyclic) bond motifs is 1. The molecule has 38 heavy (non-hydrogen) atoms. The molecule has 0 saturated carbocycles. The molecule has 1 saturated heterocycles. The highest BCUT2D eigenvalue weighted by atomic mass is 35.5. The molecule has 1 aliphatic heterocycles. The van der Waals surface area contributed by atoms with Crippen molar-refractivity contribution in [3.8, 4) is 5.75 Å². The largest absolute Gasteiger partial charge is 0.496 e. The number of carboxylic acid groups (broad SMARTS) is 1. The number of amides is 1. The number of aromatic carboxylic acids is 1. The Balaban J connectivity index is 1.93. The molecule has 1 amide bonds. The molecular weight excluding hydrogens is 515 g/mol. The first kappa shape index (κ1) is 27.6. The SMILES string of the molecule is COc1cc2c(cc1Cc1cc(N3CCCC3=O)cc(Cl)c1F)c(=O)c(C(=O)O)cn2[C@H](CO)C(C)(C)C. The van der Waals surface area contributed by atoms with Gasteiger partial charge in [0.1, 0.15) is 17.1 Å². The lowest BCUT2D eigenvalue weighted by molar-refractivity contribution is -0.117. The Kier molecular flexibility index (Phi) is 7.54. The third-order valence-electron chi connectivity index (χ3n) is 7.03. The van der Waals surface area contributed by atoms with E-state index < -0.39 is 34.2 Å². The number of anilines is 1. The van der Waals surface area contributed by atoms with E-state index in [1.165, 1.54) is 25.4 Å². The van der Waals surface area contributed by atoms with Gasteiger partial charge in [0.2, 0.25) is 11.3 Å². The van der Waals surface area contributed by atoms with Gasteiger partial charge in [-0.15, -0.1) is 0 Å². The highest BCUT2D eigenvalue weighted by Crippen LogP contribution is 2.36. The van der Waals surface area contributed by atoms with Crippen molar-refractivity contribution < 1.29 is 28.9 Å². The van der Waals surface area contributed by atoms with Crippen LogP contribution in [0.5, 0.6) is 5.75 Å². The normalized spacial score (nSPS) is 14.8. The topological polar surface area (TPSA) is 109 Å². The summed E-state index contributed by atoms with van der Waals surface area (Å²) in [6.07, 6.45) is 2.32. The first-order valence-electron chi connectivity index (χ1n) is 12.3. The van der Waals surface area contributed by atoms with Crippen LogP contribution in [0.15, 0.2) is 35.3 Å². The van der Waals surface area contributed by atoms with Crippen molar-refractivity contribution in [1.29, 1.82) is 0 Å². The Morgan fingerprint density at radius 2 is 1.89 bits per heavy atom. The van der Waals surface area contributed by atoms with Crippen LogP contribution < -0.4 is 15.1 Å². The molecule has 10 heteroatoms. The van der Waals surface area contributed by atoms with Crippen molar-refractivity contribution in [1.82, 2.24) is 4.57 Å². The monoisotopic (exact) mass is 544 g/mol. The summed E-state index contributed by atoms with van der Waals surface area (Å²) in [6.45, 7) is 5.91. The van der Waals surface area contributed by atoms with Gasteiger partial charge in [-0.25, -0.2) is 9.18 Å². The van der Waals surface area contributed by atoms with Gasteiger partial charge in [0.15, 0.2) is 0 Å².